The van der Waals surface area contributed by atoms with Gasteiger partial charge >= 0.3 is 0 Å². The molecular formula is C21H26N2O6S. The highest BCUT2D eigenvalue weighted by molar-refractivity contribution is 7.89. The third-order valence-corrected chi connectivity index (χ3v) is 7.07. The molecule has 1 fully saturated rings. The molecule has 0 radical (unpaired) electrons. The number of sulfonamides is 1. The SMILES string of the molecule is COc1ccc(S(=O)(=O)N2CCN(C(=O)CCOc3ccc(O)cc3)CC2)c(C)c1. The number of hydrogen-bond donors (Lipinski definition) is 1. The van der Waals surface area contributed by atoms with Gasteiger partial charge < -0.3 is 19.5 Å². The fourth-order valence-corrected chi connectivity index (χ4v) is 4.94. The molecule has 1 aliphatic heterocycles. The van der Waals surface area contributed by atoms with Crippen molar-refractivity contribution in [3.63, 3.8) is 0 Å². The van der Waals surface area contributed by atoms with Gasteiger partial charge in [-0.15, -0.1) is 0 Å². The van der Waals surface area contributed by atoms with Crippen LogP contribution in [0.4, 0.5) is 0 Å². The van der Waals surface area contributed by atoms with Gasteiger partial charge in [-0.1, -0.05) is 0 Å². The molecule has 2 aromatic rings. The fourth-order valence-electron chi connectivity index (χ4n) is 3.31. The van der Waals surface area contributed by atoms with E-state index in [1.54, 1.807) is 42.2 Å². The van der Waals surface area contributed by atoms with Crippen molar-refractivity contribution in [2.45, 2.75) is 18.2 Å². The molecule has 2 aromatic carbocycles. The second kappa shape index (κ2) is 9.36. The monoisotopic (exact) mass is 434 g/mol. The molecule has 3 rings (SSSR count). The molecule has 1 heterocycles. The lowest BCUT2D eigenvalue weighted by atomic mass is 10.2. The zero-order valence-corrected chi connectivity index (χ0v) is 17.9. The van der Waals surface area contributed by atoms with Gasteiger partial charge in [0, 0.05) is 26.2 Å². The van der Waals surface area contributed by atoms with E-state index in [0.29, 0.717) is 30.2 Å². The zero-order valence-electron chi connectivity index (χ0n) is 17.1. The summed E-state index contributed by atoms with van der Waals surface area (Å²) in [5.41, 5.74) is 0.624. The first-order chi connectivity index (χ1) is 14.3. The molecule has 1 amide bonds. The number of carbonyl (C=O) groups is 1. The molecule has 0 unspecified atom stereocenters. The lowest BCUT2D eigenvalue weighted by Gasteiger charge is -2.34. The topological polar surface area (TPSA) is 96.4 Å². The van der Waals surface area contributed by atoms with Crippen molar-refractivity contribution < 1.29 is 27.8 Å². The Hall–Kier alpha value is -2.78. The van der Waals surface area contributed by atoms with Gasteiger partial charge in [-0.2, -0.15) is 4.31 Å². The molecule has 1 N–H and O–H groups in total. The average molecular weight is 435 g/mol. The number of hydrogen-bond acceptors (Lipinski definition) is 6. The molecule has 8 nitrogen and oxygen atoms in total. The largest absolute Gasteiger partial charge is 0.508 e. The number of carbonyl (C=O) groups excluding carboxylic acids is 1. The van der Waals surface area contributed by atoms with E-state index in [-0.39, 0.29) is 42.7 Å². The molecule has 0 spiro atoms. The number of piperazine rings is 1. The van der Waals surface area contributed by atoms with E-state index in [0.717, 1.165) is 0 Å². The number of amides is 1. The normalized spacial score (nSPS) is 15.1. The average Bonchev–Trinajstić information content (AvgIpc) is 2.74. The summed E-state index contributed by atoms with van der Waals surface area (Å²) in [6, 6.07) is 11.2. The smallest absolute Gasteiger partial charge is 0.243 e. The highest BCUT2D eigenvalue weighted by atomic mass is 32.2. The predicted octanol–water partition coefficient (Wildman–Crippen LogP) is 2.01. The number of phenols is 1. The Morgan fingerprint density at radius 3 is 2.27 bits per heavy atom. The Morgan fingerprint density at radius 2 is 1.67 bits per heavy atom. The van der Waals surface area contributed by atoms with Crippen LogP contribution in [0.3, 0.4) is 0 Å². The van der Waals surface area contributed by atoms with Crippen LogP contribution in [-0.2, 0) is 14.8 Å². The van der Waals surface area contributed by atoms with E-state index in [2.05, 4.69) is 0 Å². The molecule has 162 valence electrons. The van der Waals surface area contributed by atoms with E-state index in [4.69, 9.17) is 9.47 Å². The second-order valence-electron chi connectivity index (χ2n) is 7.01. The summed E-state index contributed by atoms with van der Waals surface area (Å²) >= 11 is 0. The third-order valence-electron chi connectivity index (χ3n) is 5.01. The Balaban J connectivity index is 1.52. The summed E-state index contributed by atoms with van der Waals surface area (Å²) < 4.78 is 38.0. The molecule has 0 bridgehead atoms. The minimum atomic E-state index is -3.63. The number of aromatic hydroxyl groups is 1. The highest BCUT2D eigenvalue weighted by Gasteiger charge is 2.31. The Kier molecular flexibility index (Phi) is 6.84. The van der Waals surface area contributed by atoms with Crippen molar-refractivity contribution in [1.82, 2.24) is 9.21 Å². The van der Waals surface area contributed by atoms with E-state index in [9.17, 15) is 18.3 Å². The van der Waals surface area contributed by atoms with Crippen LogP contribution in [0, 0.1) is 6.92 Å². The van der Waals surface area contributed by atoms with Gasteiger partial charge in [-0.25, -0.2) is 8.42 Å². The number of ether oxygens (including phenoxy) is 2. The van der Waals surface area contributed by atoms with Crippen molar-refractivity contribution >= 4 is 15.9 Å². The number of rotatable bonds is 7. The number of benzene rings is 2. The van der Waals surface area contributed by atoms with Gasteiger partial charge in [0.2, 0.25) is 15.9 Å². The van der Waals surface area contributed by atoms with Crippen LogP contribution in [-0.4, -0.2) is 68.5 Å². The van der Waals surface area contributed by atoms with E-state index in [1.807, 2.05) is 0 Å². The molecule has 9 heteroatoms. The summed E-state index contributed by atoms with van der Waals surface area (Å²) in [5.74, 6) is 1.25. The van der Waals surface area contributed by atoms with Crippen molar-refractivity contribution in [2.24, 2.45) is 0 Å². The lowest BCUT2D eigenvalue weighted by Crippen LogP contribution is -2.50. The maximum Gasteiger partial charge on any atom is 0.243 e. The molecule has 0 atom stereocenters. The first-order valence-corrected chi connectivity index (χ1v) is 11.1. The van der Waals surface area contributed by atoms with Crippen LogP contribution in [0.15, 0.2) is 47.4 Å². The van der Waals surface area contributed by atoms with Crippen molar-refractivity contribution in [3.05, 3.63) is 48.0 Å². The third kappa shape index (κ3) is 5.03. The van der Waals surface area contributed by atoms with Gasteiger partial charge in [-0.3, -0.25) is 4.79 Å². The Labute approximate surface area is 176 Å². The Morgan fingerprint density at radius 1 is 1.03 bits per heavy atom. The molecule has 0 aromatic heterocycles. The van der Waals surface area contributed by atoms with Crippen LogP contribution < -0.4 is 9.47 Å². The molecular weight excluding hydrogens is 408 g/mol. The van der Waals surface area contributed by atoms with Crippen LogP contribution in [0.1, 0.15) is 12.0 Å². The summed E-state index contributed by atoms with van der Waals surface area (Å²) in [6.45, 7) is 3.13. The number of aryl methyl sites for hydroxylation is 1. The van der Waals surface area contributed by atoms with E-state index >= 15 is 0 Å². The summed E-state index contributed by atoms with van der Waals surface area (Å²) in [7, 11) is -2.09. The van der Waals surface area contributed by atoms with Gasteiger partial charge in [0.25, 0.3) is 0 Å². The molecule has 1 aliphatic rings. The first-order valence-electron chi connectivity index (χ1n) is 9.65. The van der Waals surface area contributed by atoms with Crippen molar-refractivity contribution in [1.29, 1.82) is 0 Å². The molecule has 30 heavy (non-hydrogen) atoms. The van der Waals surface area contributed by atoms with E-state index < -0.39 is 10.0 Å². The number of phenolic OH excluding ortho intramolecular Hbond substituents is 1. The molecule has 1 saturated heterocycles. The maximum atomic E-state index is 13.0. The van der Waals surface area contributed by atoms with Crippen LogP contribution in [0.25, 0.3) is 0 Å². The van der Waals surface area contributed by atoms with Crippen LogP contribution in [0.2, 0.25) is 0 Å². The summed E-state index contributed by atoms with van der Waals surface area (Å²) in [4.78, 5) is 14.3. The summed E-state index contributed by atoms with van der Waals surface area (Å²) in [6.07, 6.45) is 0.200. The predicted molar refractivity (Wildman–Crippen MR) is 111 cm³/mol. The van der Waals surface area contributed by atoms with Crippen molar-refractivity contribution in [3.8, 4) is 17.2 Å². The minimum absolute atomic E-state index is 0.0774. The van der Waals surface area contributed by atoms with Crippen molar-refractivity contribution in [2.75, 3.05) is 39.9 Å². The van der Waals surface area contributed by atoms with Gasteiger partial charge in [0.15, 0.2) is 0 Å². The zero-order chi connectivity index (χ0) is 21.7. The second-order valence-corrected chi connectivity index (χ2v) is 8.92. The Bertz CT molecular complexity index is 983. The minimum Gasteiger partial charge on any atom is -0.508 e. The quantitative estimate of drug-likeness (QED) is 0.716. The van der Waals surface area contributed by atoms with Gasteiger partial charge in [-0.05, 0) is 55.0 Å². The van der Waals surface area contributed by atoms with Crippen LogP contribution >= 0.6 is 0 Å². The maximum absolute atomic E-state index is 13.0. The lowest BCUT2D eigenvalue weighted by molar-refractivity contribution is -0.132. The summed E-state index contributed by atoms with van der Waals surface area (Å²) in [5, 5.41) is 9.26. The number of nitrogens with zero attached hydrogens (tertiary/aromatic N) is 2. The standard InChI is InChI=1S/C21H26N2O6S/c1-16-15-19(28-2)7-8-20(16)30(26,27)23-12-10-22(11-13-23)21(25)9-14-29-18-5-3-17(24)4-6-18/h3-8,15,24H,9-14H2,1-2H3. The molecule has 0 aliphatic carbocycles. The van der Waals surface area contributed by atoms with Gasteiger partial charge in [0.1, 0.15) is 17.2 Å². The fraction of sp³-hybridized carbons (Fsp3) is 0.381. The highest BCUT2D eigenvalue weighted by Crippen LogP contribution is 2.25. The van der Waals surface area contributed by atoms with Gasteiger partial charge in [0.05, 0.1) is 25.0 Å². The van der Waals surface area contributed by atoms with Crippen LogP contribution in [0.5, 0.6) is 17.2 Å². The number of methoxy groups -OCH3 is 1. The first kappa shape index (κ1) is 21.9. The molecule has 0 saturated carbocycles. The van der Waals surface area contributed by atoms with E-state index in [1.165, 1.54) is 23.5 Å².